The third kappa shape index (κ3) is 8.93. The molecule has 158 valence electrons. The third-order valence-electron chi connectivity index (χ3n) is 5.16. The summed E-state index contributed by atoms with van der Waals surface area (Å²) in [6, 6.07) is 8.19. The van der Waals surface area contributed by atoms with Crippen LogP contribution < -0.4 is 15.4 Å². The van der Waals surface area contributed by atoms with Gasteiger partial charge in [0.1, 0.15) is 5.75 Å². The summed E-state index contributed by atoms with van der Waals surface area (Å²) >= 11 is 0. The number of aliphatic imine (C=N–C) groups is 1. The topological polar surface area (TPSA) is 58.1 Å². The van der Waals surface area contributed by atoms with Crippen molar-refractivity contribution in [2.24, 2.45) is 10.9 Å². The molecule has 0 amide bonds. The second-order valence-corrected chi connectivity index (χ2v) is 7.57. The number of hydrogen-bond acceptors (Lipinski definition) is 4. The SMILES string of the molecule is CN=C(NCCCN1CCC(C)CC1)NCc1cccc(OCCCOC)c1. The van der Waals surface area contributed by atoms with E-state index in [1.54, 1.807) is 7.11 Å². The molecule has 1 fully saturated rings. The molecule has 6 heteroatoms. The van der Waals surface area contributed by atoms with Crippen molar-refractivity contribution in [1.29, 1.82) is 0 Å². The van der Waals surface area contributed by atoms with E-state index >= 15 is 0 Å². The summed E-state index contributed by atoms with van der Waals surface area (Å²) in [6.07, 6.45) is 4.71. The van der Waals surface area contributed by atoms with Gasteiger partial charge in [-0.1, -0.05) is 19.1 Å². The van der Waals surface area contributed by atoms with Gasteiger partial charge in [-0.25, -0.2) is 0 Å². The molecule has 28 heavy (non-hydrogen) atoms. The van der Waals surface area contributed by atoms with E-state index < -0.39 is 0 Å². The van der Waals surface area contributed by atoms with Crippen LogP contribution in [0, 0.1) is 5.92 Å². The molecule has 1 aliphatic rings. The average molecular weight is 391 g/mol. The number of guanidine groups is 1. The minimum absolute atomic E-state index is 0.671. The van der Waals surface area contributed by atoms with E-state index in [4.69, 9.17) is 9.47 Å². The fraction of sp³-hybridized carbons (Fsp3) is 0.682. The van der Waals surface area contributed by atoms with Crippen LogP contribution in [0.3, 0.4) is 0 Å². The van der Waals surface area contributed by atoms with Crippen LogP contribution in [0.1, 0.15) is 38.2 Å². The molecule has 1 aromatic rings. The zero-order valence-electron chi connectivity index (χ0n) is 17.9. The Labute approximate surface area is 170 Å². The van der Waals surface area contributed by atoms with Gasteiger partial charge in [-0.05, 0) is 62.5 Å². The largest absolute Gasteiger partial charge is 0.493 e. The number of nitrogens with one attached hydrogen (secondary N) is 2. The number of ether oxygens (including phenoxy) is 2. The molecule has 2 N–H and O–H groups in total. The van der Waals surface area contributed by atoms with E-state index in [1.165, 1.54) is 38.0 Å². The molecule has 0 saturated carbocycles. The first-order valence-corrected chi connectivity index (χ1v) is 10.6. The Bertz CT molecular complexity index is 571. The fourth-order valence-electron chi connectivity index (χ4n) is 3.34. The Balaban J connectivity index is 1.63. The van der Waals surface area contributed by atoms with E-state index in [9.17, 15) is 0 Å². The van der Waals surface area contributed by atoms with Crippen LogP contribution in [-0.4, -0.2) is 64.4 Å². The van der Waals surface area contributed by atoms with Gasteiger partial charge < -0.3 is 25.0 Å². The highest BCUT2D eigenvalue weighted by molar-refractivity contribution is 5.79. The van der Waals surface area contributed by atoms with Crippen LogP contribution in [0.25, 0.3) is 0 Å². The first kappa shape index (κ1) is 22.5. The highest BCUT2D eigenvalue weighted by Gasteiger charge is 2.14. The molecule has 1 aromatic carbocycles. The summed E-state index contributed by atoms with van der Waals surface area (Å²) in [7, 11) is 3.53. The lowest BCUT2D eigenvalue weighted by molar-refractivity contribution is 0.172. The fourth-order valence-corrected chi connectivity index (χ4v) is 3.34. The molecule has 2 rings (SSSR count). The van der Waals surface area contributed by atoms with Crippen molar-refractivity contribution < 1.29 is 9.47 Å². The van der Waals surface area contributed by atoms with Crippen molar-refractivity contribution in [3.63, 3.8) is 0 Å². The summed E-state index contributed by atoms with van der Waals surface area (Å²) < 4.78 is 10.8. The van der Waals surface area contributed by atoms with E-state index in [0.717, 1.165) is 50.2 Å². The van der Waals surface area contributed by atoms with Crippen molar-refractivity contribution in [2.45, 2.75) is 39.2 Å². The molecule has 0 aliphatic carbocycles. The predicted octanol–water partition coefficient (Wildman–Crippen LogP) is 2.89. The van der Waals surface area contributed by atoms with Gasteiger partial charge in [0, 0.05) is 40.3 Å². The van der Waals surface area contributed by atoms with Gasteiger partial charge in [0.05, 0.1) is 6.61 Å². The molecule has 1 saturated heterocycles. The monoisotopic (exact) mass is 390 g/mol. The maximum absolute atomic E-state index is 5.77. The number of methoxy groups -OCH3 is 1. The van der Waals surface area contributed by atoms with Gasteiger partial charge in [0.25, 0.3) is 0 Å². The second kappa shape index (κ2) is 13.4. The molecule has 0 atom stereocenters. The van der Waals surface area contributed by atoms with E-state index in [1.807, 2.05) is 19.2 Å². The number of rotatable bonds is 11. The molecule has 0 radical (unpaired) electrons. The molecular weight excluding hydrogens is 352 g/mol. The minimum Gasteiger partial charge on any atom is -0.493 e. The van der Waals surface area contributed by atoms with Crippen LogP contribution in [0.4, 0.5) is 0 Å². The summed E-state index contributed by atoms with van der Waals surface area (Å²) in [5.41, 5.74) is 1.18. The zero-order valence-corrected chi connectivity index (χ0v) is 17.9. The van der Waals surface area contributed by atoms with Crippen molar-refractivity contribution in [1.82, 2.24) is 15.5 Å². The maximum Gasteiger partial charge on any atom is 0.191 e. The summed E-state index contributed by atoms with van der Waals surface area (Å²) in [5.74, 6) is 2.64. The van der Waals surface area contributed by atoms with Crippen LogP contribution in [0.2, 0.25) is 0 Å². The Hall–Kier alpha value is -1.79. The molecule has 1 aliphatic heterocycles. The first-order chi connectivity index (χ1) is 13.7. The Morgan fingerprint density at radius 3 is 2.75 bits per heavy atom. The molecule has 0 bridgehead atoms. The summed E-state index contributed by atoms with van der Waals surface area (Å²) in [4.78, 5) is 6.90. The van der Waals surface area contributed by atoms with Crippen LogP contribution in [-0.2, 0) is 11.3 Å². The quantitative estimate of drug-likeness (QED) is 0.346. The predicted molar refractivity (Wildman–Crippen MR) is 116 cm³/mol. The maximum atomic E-state index is 5.77. The number of likely N-dealkylation sites (tertiary alicyclic amines) is 1. The first-order valence-electron chi connectivity index (χ1n) is 10.6. The minimum atomic E-state index is 0.671. The lowest BCUT2D eigenvalue weighted by Crippen LogP contribution is -2.39. The number of piperidine rings is 1. The number of benzene rings is 1. The standard InChI is InChI=1S/C22H38N4O2/c1-19-9-13-26(14-10-19)12-5-11-24-22(23-2)25-18-20-7-4-8-21(17-20)28-16-6-15-27-3/h4,7-8,17,19H,5-6,9-16,18H2,1-3H3,(H2,23,24,25). The molecule has 0 spiro atoms. The van der Waals surface area contributed by atoms with Crippen LogP contribution >= 0.6 is 0 Å². The van der Waals surface area contributed by atoms with Crippen molar-refractivity contribution >= 4 is 5.96 Å². The van der Waals surface area contributed by atoms with E-state index in [0.29, 0.717) is 6.61 Å². The lowest BCUT2D eigenvalue weighted by Gasteiger charge is -2.30. The van der Waals surface area contributed by atoms with Gasteiger partial charge in [0.2, 0.25) is 0 Å². The van der Waals surface area contributed by atoms with Gasteiger partial charge in [-0.3, -0.25) is 4.99 Å². The van der Waals surface area contributed by atoms with Gasteiger partial charge >= 0.3 is 0 Å². The second-order valence-electron chi connectivity index (χ2n) is 7.57. The smallest absolute Gasteiger partial charge is 0.191 e. The molecule has 0 unspecified atom stereocenters. The zero-order chi connectivity index (χ0) is 20.0. The Morgan fingerprint density at radius 1 is 1.18 bits per heavy atom. The number of nitrogens with zero attached hydrogens (tertiary/aromatic N) is 2. The normalized spacial score (nSPS) is 16.2. The van der Waals surface area contributed by atoms with Crippen molar-refractivity contribution in [3.05, 3.63) is 29.8 Å². The molecule has 0 aromatic heterocycles. The lowest BCUT2D eigenvalue weighted by atomic mass is 9.99. The van der Waals surface area contributed by atoms with Crippen molar-refractivity contribution in [3.8, 4) is 5.75 Å². The van der Waals surface area contributed by atoms with Gasteiger partial charge in [-0.15, -0.1) is 0 Å². The highest BCUT2D eigenvalue weighted by atomic mass is 16.5. The van der Waals surface area contributed by atoms with Crippen LogP contribution in [0.5, 0.6) is 5.75 Å². The van der Waals surface area contributed by atoms with Crippen LogP contribution in [0.15, 0.2) is 29.3 Å². The third-order valence-corrected chi connectivity index (χ3v) is 5.16. The number of hydrogen-bond donors (Lipinski definition) is 2. The molecular formula is C22H38N4O2. The van der Waals surface area contributed by atoms with Gasteiger partial charge in [0.15, 0.2) is 5.96 Å². The highest BCUT2D eigenvalue weighted by Crippen LogP contribution is 2.16. The van der Waals surface area contributed by atoms with E-state index in [-0.39, 0.29) is 0 Å². The molecule has 1 heterocycles. The summed E-state index contributed by atoms with van der Waals surface area (Å²) in [5, 5.41) is 6.80. The van der Waals surface area contributed by atoms with Crippen molar-refractivity contribution in [2.75, 3.05) is 53.6 Å². The molecule has 6 nitrogen and oxygen atoms in total. The Morgan fingerprint density at radius 2 is 2.00 bits per heavy atom. The summed E-state index contributed by atoms with van der Waals surface area (Å²) in [6.45, 7) is 9.07. The van der Waals surface area contributed by atoms with E-state index in [2.05, 4.69) is 39.6 Å². The average Bonchev–Trinajstić information content (AvgIpc) is 2.72. The Kier molecular flexibility index (Phi) is 10.8. The van der Waals surface area contributed by atoms with Gasteiger partial charge in [-0.2, -0.15) is 0 Å².